The Morgan fingerprint density at radius 3 is 2.81 bits per heavy atom. The van der Waals surface area contributed by atoms with Crippen molar-refractivity contribution < 1.29 is 9.90 Å². The molecule has 0 saturated heterocycles. The van der Waals surface area contributed by atoms with Crippen LogP contribution in [0.2, 0.25) is 5.02 Å². The summed E-state index contributed by atoms with van der Waals surface area (Å²) in [4.78, 5) is 11.4. The second-order valence-electron chi connectivity index (χ2n) is 5.03. The van der Waals surface area contributed by atoms with Gasteiger partial charge in [0.05, 0.1) is 0 Å². The Balaban J connectivity index is 1.97. The van der Waals surface area contributed by atoms with E-state index in [1.54, 1.807) is 6.07 Å². The topological polar surface area (TPSA) is 49.3 Å². The van der Waals surface area contributed by atoms with E-state index in [1.165, 1.54) is 0 Å². The van der Waals surface area contributed by atoms with E-state index in [-0.39, 0.29) is 5.91 Å². The van der Waals surface area contributed by atoms with Crippen molar-refractivity contribution in [2.75, 3.05) is 5.32 Å². The number of anilines is 1. The highest BCUT2D eigenvalue weighted by atomic mass is 127. The smallest absolute Gasteiger partial charge is 0.224 e. The Morgan fingerprint density at radius 1 is 1.19 bits per heavy atom. The lowest BCUT2D eigenvalue weighted by Gasteiger charge is -2.20. The molecule has 0 spiro atoms. The number of aliphatic hydroxyl groups excluding tert-OH is 1. The van der Waals surface area contributed by atoms with Crippen LogP contribution in [0.4, 0.5) is 5.69 Å². The highest BCUT2D eigenvalue weighted by Crippen LogP contribution is 2.32. The van der Waals surface area contributed by atoms with Gasteiger partial charge in [-0.2, -0.15) is 0 Å². The third-order valence-electron chi connectivity index (χ3n) is 3.59. The first-order valence-electron chi connectivity index (χ1n) is 6.60. The first kappa shape index (κ1) is 14.8. The maximum atomic E-state index is 11.4. The second kappa shape index (κ2) is 5.94. The van der Waals surface area contributed by atoms with Gasteiger partial charge in [0.2, 0.25) is 5.91 Å². The minimum absolute atomic E-state index is 0.0418. The van der Waals surface area contributed by atoms with Crippen molar-refractivity contribution in [1.82, 2.24) is 0 Å². The summed E-state index contributed by atoms with van der Waals surface area (Å²) in [6, 6.07) is 11.1. The van der Waals surface area contributed by atoms with E-state index in [2.05, 4.69) is 27.9 Å². The quantitative estimate of drug-likeness (QED) is 0.734. The molecule has 1 unspecified atom stereocenters. The molecule has 0 aliphatic carbocycles. The lowest BCUT2D eigenvalue weighted by atomic mass is 9.95. The number of aliphatic hydroxyl groups is 1. The molecule has 0 bridgehead atoms. The van der Waals surface area contributed by atoms with E-state index in [4.69, 9.17) is 11.6 Å². The van der Waals surface area contributed by atoms with Gasteiger partial charge in [-0.25, -0.2) is 0 Å². The van der Waals surface area contributed by atoms with Gasteiger partial charge in [-0.15, -0.1) is 0 Å². The van der Waals surface area contributed by atoms with Gasteiger partial charge in [-0.1, -0.05) is 23.7 Å². The number of hydrogen-bond donors (Lipinski definition) is 2. The molecule has 0 saturated carbocycles. The maximum Gasteiger partial charge on any atom is 0.224 e. The number of rotatable bonds is 2. The fourth-order valence-corrected chi connectivity index (χ4v) is 3.29. The minimum Gasteiger partial charge on any atom is -0.384 e. The Hall–Kier alpha value is -1.11. The van der Waals surface area contributed by atoms with Crippen molar-refractivity contribution in [3.8, 4) is 0 Å². The van der Waals surface area contributed by atoms with Crippen LogP contribution in [0.3, 0.4) is 0 Å². The molecule has 1 heterocycles. The highest BCUT2D eigenvalue weighted by molar-refractivity contribution is 14.1. The largest absolute Gasteiger partial charge is 0.384 e. The SMILES string of the molecule is O=C1CCc2cc(C(O)c3cc(Cl)ccc3I)ccc2N1. The Bertz CT molecular complexity index is 717. The van der Waals surface area contributed by atoms with E-state index in [9.17, 15) is 9.90 Å². The summed E-state index contributed by atoms with van der Waals surface area (Å²) in [5.74, 6) is 0.0418. The number of nitrogens with one attached hydrogen (secondary N) is 1. The molecule has 1 aliphatic rings. The average molecular weight is 414 g/mol. The van der Waals surface area contributed by atoms with E-state index in [0.29, 0.717) is 17.9 Å². The lowest BCUT2D eigenvalue weighted by Crippen LogP contribution is -2.19. The number of benzene rings is 2. The summed E-state index contributed by atoms with van der Waals surface area (Å²) in [5.41, 5.74) is 3.50. The monoisotopic (exact) mass is 413 g/mol. The number of hydrogen-bond acceptors (Lipinski definition) is 2. The molecule has 108 valence electrons. The standard InChI is InChI=1S/C16H13ClINO2/c17-11-3-4-13(18)12(8-11)16(21)10-1-5-14-9(7-10)2-6-15(20)19-14/h1,3-5,7-8,16,21H,2,6H2,(H,19,20). The van der Waals surface area contributed by atoms with Crippen molar-refractivity contribution in [1.29, 1.82) is 0 Å². The number of amides is 1. The molecule has 1 atom stereocenters. The van der Waals surface area contributed by atoms with Crippen LogP contribution in [0.15, 0.2) is 36.4 Å². The first-order chi connectivity index (χ1) is 10.0. The summed E-state index contributed by atoms with van der Waals surface area (Å²) < 4.78 is 0.968. The molecule has 3 nitrogen and oxygen atoms in total. The van der Waals surface area contributed by atoms with Crippen LogP contribution in [-0.2, 0) is 11.2 Å². The number of fused-ring (bicyclic) bond motifs is 1. The van der Waals surface area contributed by atoms with Crippen molar-refractivity contribution in [3.63, 3.8) is 0 Å². The molecule has 2 aromatic rings. The number of carbonyl (C=O) groups is 1. The van der Waals surface area contributed by atoms with Crippen molar-refractivity contribution >= 4 is 45.8 Å². The van der Waals surface area contributed by atoms with Gasteiger partial charge >= 0.3 is 0 Å². The summed E-state index contributed by atoms with van der Waals surface area (Å²) in [6.07, 6.45) is 0.467. The Labute approximate surface area is 141 Å². The van der Waals surface area contributed by atoms with Gasteiger partial charge in [0.25, 0.3) is 0 Å². The Morgan fingerprint density at radius 2 is 2.00 bits per heavy atom. The summed E-state index contributed by atoms with van der Waals surface area (Å²) in [5, 5.41) is 14.0. The van der Waals surface area contributed by atoms with Gasteiger partial charge in [-0.05, 0) is 70.0 Å². The van der Waals surface area contributed by atoms with Gasteiger partial charge in [-0.3, -0.25) is 4.79 Å². The molecular weight excluding hydrogens is 401 g/mol. The molecule has 1 aliphatic heterocycles. The molecule has 2 aromatic carbocycles. The molecule has 5 heteroatoms. The van der Waals surface area contributed by atoms with Crippen LogP contribution in [0.25, 0.3) is 0 Å². The zero-order valence-corrected chi connectivity index (χ0v) is 14.0. The van der Waals surface area contributed by atoms with Crippen LogP contribution in [-0.4, -0.2) is 11.0 Å². The van der Waals surface area contributed by atoms with Crippen molar-refractivity contribution in [2.24, 2.45) is 0 Å². The molecule has 21 heavy (non-hydrogen) atoms. The molecule has 1 amide bonds. The Kier molecular flexibility index (Phi) is 4.19. The molecule has 0 fully saturated rings. The van der Waals surface area contributed by atoms with Crippen LogP contribution in [0.5, 0.6) is 0 Å². The van der Waals surface area contributed by atoms with Crippen LogP contribution >= 0.6 is 34.2 Å². The molecule has 2 N–H and O–H groups in total. The first-order valence-corrected chi connectivity index (χ1v) is 8.06. The van der Waals surface area contributed by atoms with Crippen LogP contribution < -0.4 is 5.32 Å². The van der Waals surface area contributed by atoms with Crippen molar-refractivity contribution in [2.45, 2.75) is 18.9 Å². The van der Waals surface area contributed by atoms with E-state index in [0.717, 1.165) is 25.9 Å². The number of halogens is 2. The second-order valence-corrected chi connectivity index (χ2v) is 6.63. The van der Waals surface area contributed by atoms with Gasteiger partial charge in [0, 0.05) is 20.7 Å². The van der Waals surface area contributed by atoms with Crippen LogP contribution in [0, 0.1) is 3.57 Å². The van der Waals surface area contributed by atoms with E-state index in [1.807, 2.05) is 30.3 Å². The molecule has 3 rings (SSSR count). The highest BCUT2D eigenvalue weighted by Gasteiger charge is 2.19. The summed E-state index contributed by atoms with van der Waals surface area (Å²) in [7, 11) is 0. The predicted octanol–water partition coefficient (Wildman–Crippen LogP) is 3.91. The lowest BCUT2D eigenvalue weighted by molar-refractivity contribution is -0.116. The summed E-state index contributed by atoms with van der Waals surface area (Å²) >= 11 is 8.21. The third kappa shape index (κ3) is 3.07. The van der Waals surface area contributed by atoms with E-state index < -0.39 is 6.10 Å². The third-order valence-corrected chi connectivity index (χ3v) is 4.81. The fraction of sp³-hybridized carbons (Fsp3) is 0.188. The zero-order valence-electron chi connectivity index (χ0n) is 11.1. The van der Waals surface area contributed by atoms with Gasteiger partial charge < -0.3 is 10.4 Å². The van der Waals surface area contributed by atoms with E-state index >= 15 is 0 Å². The molecular formula is C16H13ClINO2. The summed E-state index contributed by atoms with van der Waals surface area (Å²) in [6.45, 7) is 0. The predicted molar refractivity (Wildman–Crippen MR) is 91.6 cm³/mol. The van der Waals surface area contributed by atoms with Gasteiger partial charge in [0.1, 0.15) is 6.10 Å². The average Bonchev–Trinajstić information content (AvgIpc) is 2.48. The maximum absolute atomic E-state index is 11.4. The zero-order chi connectivity index (χ0) is 15.0. The minimum atomic E-state index is -0.724. The number of carbonyl (C=O) groups excluding carboxylic acids is 1. The molecule has 0 radical (unpaired) electrons. The fourth-order valence-electron chi connectivity index (χ4n) is 2.48. The van der Waals surface area contributed by atoms with Gasteiger partial charge in [0.15, 0.2) is 0 Å². The molecule has 0 aromatic heterocycles. The van der Waals surface area contributed by atoms with Crippen molar-refractivity contribution in [3.05, 3.63) is 61.7 Å². The number of aryl methyl sites for hydroxylation is 1. The van der Waals surface area contributed by atoms with Crippen LogP contribution in [0.1, 0.15) is 29.2 Å². The normalized spacial score (nSPS) is 15.3.